The number of rotatable bonds is 6. The highest BCUT2D eigenvalue weighted by Crippen LogP contribution is 2.33. The van der Waals surface area contributed by atoms with Crippen LogP contribution in [-0.4, -0.2) is 35.5 Å². The second-order valence-electron chi connectivity index (χ2n) is 6.53. The highest BCUT2D eigenvalue weighted by Gasteiger charge is 2.29. The molecule has 2 aromatic rings. The van der Waals surface area contributed by atoms with E-state index in [2.05, 4.69) is 0 Å². The third-order valence-electron chi connectivity index (χ3n) is 4.62. The Balaban J connectivity index is 1.85. The summed E-state index contributed by atoms with van der Waals surface area (Å²) in [5, 5.41) is 20.9. The number of hydrogen-bond acceptors (Lipinski definition) is 5. The second-order valence-corrected chi connectivity index (χ2v) is 6.53. The molecule has 1 N–H and O–H groups in total. The monoisotopic (exact) mass is 340 g/mol. The summed E-state index contributed by atoms with van der Waals surface area (Å²) in [5.41, 5.74) is 1.20. The first-order valence-electron chi connectivity index (χ1n) is 8.23. The molecule has 2 aromatic carbocycles. The summed E-state index contributed by atoms with van der Waals surface area (Å²) >= 11 is 0. The van der Waals surface area contributed by atoms with E-state index in [-0.39, 0.29) is 17.6 Å². The Morgan fingerprint density at radius 2 is 1.88 bits per heavy atom. The Bertz CT molecular complexity index is 785. The summed E-state index contributed by atoms with van der Waals surface area (Å²) in [6.07, 6.45) is 1.20. The van der Waals surface area contributed by atoms with Gasteiger partial charge in [-0.25, -0.2) is 0 Å². The Morgan fingerprint density at radius 3 is 2.48 bits per heavy atom. The lowest BCUT2D eigenvalue weighted by molar-refractivity contribution is -0.384. The molecule has 130 valence electrons. The van der Waals surface area contributed by atoms with Crippen LogP contribution in [0.25, 0.3) is 0 Å². The number of nitrogens with zero attached hydrogens (tertiary/aromatic N) is 2. The normalized spacial score (nSPS) is 19.1. The van der Waals surface area contributed by atoms with Crippen molar-refractivity contribution in [2.24, 2.45) is 5.92 Å². The van der Waals surface area contributed by atoms with Crippen molar-refractivity contribution < 1.29 is 14.8 Å². The second kappa shape index (κ2) is 7.03. The average molecular weight is 340 g/mol. The number of aliphatic hydroxyl groups is 1. The summed E-state index contributed by atoms with van der Waals surface area (Å²) in [6.45, 7) is 0.643. The third-order valence-corrected chi connectivity index (χ3v) is 4.62. The van der Waals surface area contributed by atoms with Crippen molar-refractivity contribution in [3.63, 3.8) is 0 Å². The highest BCUT2D eigenvalue weighted by molar-refractivity contribution is 6.09. The minimum absolute atomic E-state index is 0.0795. The molecule has 1 saturated carbocycles. The SMILES string of the molecule is CN(CC1CC(O)C1)c1ccc(C(=O)c2ccccc2)cc1[N+](=O)[O-]. The maximum absolute atomic E-state index is 12.5. The van der Waals surface area contributed by atoms with Crippen molar-refractivity contribution in [2.45, 2.75) is 18.9 Å². The lowest BCUT2D eigenvalue weighted by Gasteiger charge is -2.35. The molecule has 0 bridgehead atoms. The molecule has 25 heavy (non-hydrogen) atoms. The molecule has 0 spiro atoms. The minimum Gasteiger partial charge on any atom is -0.393 e. The number of anilines is 1. The molecule has 0 aliphatic heterocycles. The molecule has 0 unspecified atom stereocenters. The fourth-order valence-corrected chi connectivity index (χ4v) is 3.23. The number of nitro groups is 1. The number of ketones is 1. The van der Waals surface area contributed by atoms with Gasteiger partial charge in [0.05, 0.1) is 11.0 Å². The summed E-state index contributed by atoms with van der Waals surface area (Å²) < 4.78 is 0. The molecule has 0 aromatic heterocycles. The molecular formula is C19H20N2O4. The standard InChI is InChI=1S/C19H20N2O4/c1-20(12-13-9-16(22)10-13)17-8-7-15(11-18(17)21(24)25)19(23)14-5-3-2-4-6-14/h2-8,11,13,16,22H,9-10,12H2,1H3. The molecule has 1 aliphatic carbocycles. The van der Waals surface area contributed by atoms with E-state index < -0.39 is 4.92 Å². The van der Waals surface area contributed by atoms with Gasteiger partial charge in [0.2, 0.25) is 0 Å². The van der Waals surface area contributed by atoms with Gasteiger partial charge in [0.15, 0.2) is 5.78 Å². The fourth-order valence-electron chi connectivity index (χ4n) is 3.23. The van der Waals surface area contributed by atoms with Gasteiger partial charge < -0.3 is 10.0 Å². The highest BCUT2D eigenvalue weighted by atomic mass is 16.6. The molecule has 0 amide bonds. The molecule has 6 heteroatoms. The number of hydrogen-bond donors (Lipinski definition) is 1. The van der Waals surface area contributed by atoms with Crippen LogP contribution in [0.4, 0.5) is 11.4 Å². The van der Waals surface area contributed by atoms with Gasteiger partial charge in [0.1, 0.15) is 5.69 Å². The zero-order valence-corrected chi connectivity index (χ0v) is 14.0. The van der Waals surface area contributed by atoms with Crippen molar-refractivity contribution in [1.29, 1.82) is 0 Å². The molecule has 6 nitrogen and oxygen atoms in total. The van der Waals surface area contributed by atoms with Gasteiger partial charge in [-0.3, -0.25) is 14.9 Å². The van der Waals surface area contributed by atoms with Crippen LogP contribution in [0.2, 0.25) is 0 Å². The molecular weight excluding hydrogens is 320 g/mol. The fraction of sp³-hybridized carbons (Fsp3) is 0.316. The van der Waals surface area contributed by atoms with Crippen molar-refractivity contribution in [2.75, 3.05) is 18.5 Å². The molecule has 3 rings (SSSR count). The van der Waals surface area contributed by atoms with Crippen molar-refractivity contribution >= 4 is 17.2 Å². The number of benzene rings is 2. The van der Waals surface area contributed by atoms with Crippen molar-refractivity contribution in [3.8, 4) is 0 Å². The zero-order valence-electron chi connectivity index (χ0n) is 14.0. The van der Waals surface area contributed by atoms with Crippen molar-refractivity contribution in [3.05, 3.63) is 69.8 Å². The third kappa shape index (κ3) is 3.69. The van der Waals surface area contributed by atoms with Crippen LogP contribution in [0.1, 0.15) is 28.8 Å². The van der Waals surface area contributed by atoms with Crippen LogP contribution in [0.5, 0.6) is 0 Å². The van der Waals surface area contributed by atoms with Gasteiger partial charge in [-0.05, 0) is 30.9 Å². The van der Waals surface area contributed by atoms with E-state index in [1.165, 1.54) is 6.07 Å². The summed E-state index contributed by atoms with van der Waals surface area (Å²) in [6, 6.07) is 13.3. The smallest absolute Gasteiger partial charge is 0.293 e. The molecule has 0 atom stereocenters. The Morgan fingerprint density at radius 1 is 1.20 bits per heavy atom. The van der Waals surface area contributed by atoms with Gasteiger partial charge >= 0.3 is 0 Å². The van der Waals surface area contributed by atoms with E-state index in [1.807, 2.05) is 11.0 Å². The first-order chi connectivity index (χ1) is 12.0. The number of aliphatic hydroxyl groups excluding tert-OH is 1. The predicted molar refractivity (Wildman–Crippen MR) is 95.0 cm³/mol. The summed E-state index contributed by atoms with van der Waals surface area (Å²) in [5.74, 6) is 0.102. The number of carbonyl (C=O) groups excluding carboxylic acids is 1. The van der Waals surface area contributed by atoms with Crippen LogP contribution in [-0.2, 0) is 0 Å². The summed E-state index contributed by atoms with van der Waals surface area (Å²) in [7, 11) is 1.80. The van der Waals surface area contributed by atoms with Crippen LogP contribution in [0.3, 0.4) is 0 Å². The molecule has 0 heterocycles. The van der Waals surface area contributed by atoms with E-state index in [1.54, 1.807) is 43.4 Å². The molecule has 1 aliphatic rings. The quantitative estimate of drug-likeness (QED) is 0.496. The van der Waals surface area contributed by atoms with Gasteiger partial charge in [-0.1, -0.05) is 30.3 Å². The number of nitro benzene ring substituents is 1. The maximum atomic E-state index is 12.5. The predicted octanol–water partition coefficient (Wildman–Crippen LogP) is 3.03. The minimum atomic E-state index is -0.455. The van der Waals surface area contributed by atoms with Crippen LogP contribution < -0.4 is 4.90 Å². The first-order valence-corrected chi connectivity index (χ1v) is 8.23. The molecule has 1 fully saturated rings. The zero-order chi connectivity index (χ0) is 18.0. The van der Waals surface area contributed by atoms with Crippen LogP contribution in [0.15, 0.2) is 48.5 Å². The van der Waals surface area contributed by atoms with E-state index >= 15 is 0 Å². The lowest BCUT2D eigenvalue weighted by Crippen LogP contribution is -2.37. The average Bonchev–Trinajstić information content (AvgIpc) is 2.60. The van der Waals surface area contributed by atoms with Gasteiger partial charge in [0.25, 0.3) is 5.69 Å². The maximum Gasteiger partial charge on any atom is 0.293 e. The van der Waals surface area contributed by atoms with Crippen LogP contribution >= 0.6 is 0 Å². The Hall–Kier alpha value is -2.73. The molecule has 0 radical (unpaired) electrons. The van der Waals surface area contributed by atoms with Crippen LogP contribution in [0, 0.1) is 16.0 Å². The summed E-state index contributed by atoms with van der Waals surface area (Å²) in [4.78, 5) is 25.4. The Labute approximate surface area is 145 Å². The van der Waals surface area contributed by atoms with E-state index in [4.69, 9.17) is 0 Å². The molecule has 0 saturated heterocycles. The van der Waals surface area contributed by atoms with E-state index in [9.17, 15) is 20.0 Å². The first kappa shape index (κ1) is 17.1. The van der Waals surface area contributed by atoms with E-state index in [0.717, 1.165) is 12.8 Å². The lowest BCUT2D eigenvalue weighted by atomic mass is 9.82. The van der Waals surface area contributed by atoms with Gasteiger partial charge in [-0.2, -0.15) is 0 Å². The van der Waals surface area contributed by atoms with Crippen molar-refractivity contribution in [1.82, 2.24) is 0 Å². The van der Waals surface area contributed by atoms with Gasteiger partial charge in [-0.15, -0.1) is 0 Å². The van der Waals surface area contributed by atoms with Gasteiger partial charge in [0, 0.05) is 30.8 Å². The topological polar surface area (TPSA) is 83.7 Å². The van der Waals surface area contributed by atoms with E-state index in [0.29, 0.717) is 29.3 Å². The largest absolute Gasteiger partial charge is 0.393 e. The number of carbonyl (C=O) groups is 1. The Kier molecular flexibility index (Phi) is 4.81.